The van der Waals surface area contributed by atoms with Gasteiger partial charge in [0.1, 0.15) is 5.75 Å². The van der Waals surface area contributed by atoms with Crippen molar-refractivity contribution >= 4 is 11.6 Å². The van der Waals surface area contributed by atoms with Gasteiger partial charge in [-0.15, -0.1) is 10.2 Å². The van der Waals surface area contributed by atoms with Crippen molar-refractivity contribution < 1.29 is 9.53 Å². The van der Waals surface area contributed by atoms with E-state index < -0.39 is 0 Å². The number of nitrogens with one attached hydrogen (secondary N) is 1. The summed E-state index contributed by atoms with van der Waals surface area (Å²) >= 11 is 0. The van der Waals surface area contributed by atoms with Crippen LogP contribution >= 0.6 is 0 Å². The number of amides is 1. The lowest BCUT2D eigenvalue weighted by Crippen LogP contribution is -2.29. The maximum atomic E-state index is 12.2. The lowest BCUT2D eigenvalue weighted by molar-refractivity contribution is -0.122. The summed E-state index contributed by atoms with van der Waals surface area (Å²) in [6, 6.07) is 11.5. The molecule has 3 rings (SSSR count). The molecule has 25 heavy (non-hydrogen) atoms. The molecule has 2 aromatic heterocycles. The summed E-state index contributed by atoms with van der Waals surface area (Å²) in [4.78, 5) is 12.2. The van der Waals surface area contributed by atoms with Crippen LogP contribution < -0.4 is 10.1 Å². The number of rotatable bonds is 6. The second-order valence-corrected chi connectivity index (χ2v) is 6.14. The third-order valence-electron chi connectivity index (χ3n) is 4.04. The first-order valence-corrected chi connectivity index (χ1v) is 8.33. The number of hydrogen-bond donors (Lipinski definition) is 1. The van der Waals surface area contributed by atoms with Gasteiger partial charge in [0.2, 0.25) is 5.91 Å². The van der Waals surface area contributed by atoms with Crippen LogP contribution in [0.3, 0.4) is 0 Å². The Balaban J connectivity index is 1.54. The molecule has 0 bridgehead atoms. The summed E-state index contributed by atoms with van der Waals surface area (Å²) in [5.41, 5.74) is 2.96. The molecule has 0 fully saturated rings. The molecular formula is C19H22N4O2. The average Bonchev–Trinajstić information content (AvgIpc) is 3.02. The highest BCUT2D eigenvalue weighted by Crippen LogP contribution is 2.19. The third kappa shape index (κ3) is 3.96. The van der Waals surface area contributed by atoms with Crippen molar-refractivity contribution in [1.29, 1.82) is 0 Å². The third-order valence-corrected chi connectivity index (χ3v) is 4.04. The zero-order valence-corrected chi connectivity index (χ0v) is 14.7. The zero-order chi connectivity index (χ0) is 17.8. The first kappa shape index (κ1) is 17.0. The molecule has 1 N–H and O–H groups in total. The van der Waals surface area contributed by atoms with Gasteiger partial charge in [0.05, 0.1) is 19.1 Å². The van der Waals surface area contributed by atoms with E-state index in [0.29, 0.717) is 12.4 Å². The van der Waals surface area contributed by atoms with Crippen LogP contribution in [0, 0.1) is 13.8 Å². The molecule has 0 aliphatic heterocycles. The first-order valence-electron chi connectivity index (χ1n) is 8.33. The summed E-state index contributed by atoms with van der Waals surface area (Å²) in [6.45, 7) is 6.24. The maximum absolute atomic E-state index is 12.2. The average molecular weight is 338 g/mol. The Morgan fingerprint density at radius 3 is 2.92 bits per heavy atom. The highest BCUT2D eigenvalue weighted by Gasteiger charge is 2.15. The van der Waals surface area contributed by atoms with Gasteiger partial charge in [0.25, 0.3) is 0 Å². The van der Waals surface area contributed by atoms with Crippen LogP contribution in [0.15, 0.2) is 42.6 Å². The van der Waals surface area contributed by atoms with Crippen LogP contribution in [0.2, 0.25) is 0 Å². The monoisotopic (exact) mass is 338 g/mol. The van der Waals surface area contributed by atoms with Crippen molar-refractivity contribution in [3.63, 3.8) is 0 Å². The Hall–Kier alpha value is -2.89. The van der Waals surface area contributed by atoms with Crippen molar-refractivity contribution in [2.45, 2.75) is 33.2 Å². The predicted molar refractivity (Wildman–Crippen MR) is 95.6 cm³/mol. The maximum Gasteiger partial charge on any atom is 0.224 e. The fourth-order valence-electron chi connectivity index (χ4n) is 2.65. The van der Waals surface area contributed by atoms with Gasteiger partial charge in [-0.1, -0.05) is 18.2 Å². The Bertz CT molecular complexity index is 888. The number of carbonyl (C=O) groups is 1. The molecule has 6 heteroatoms. The van der Waals surface area contributed by atoms with Gasteiger partial charge >= 0.3 is 0 Å². The van der Waals surface area contributed by atoms with Crippen molar-refractivity contribution in [3.05, 3.63) is 59.5 Å². The minimum atomic E-state index is -0.231. The minimum absolute atomic E-state index is 0.0783. The smallest absolute Gasteiger partial charge is 0.224 e. The van der Waals surface area contributed by atoms with Gasteiger partial charge in [-0.2, -0.15) is 0 Å². The van der Waals surface area contributed by atoms with Gasteiger partial charge in [-0.25, -0.2) is 0 Å². The predicted octanol–water partition coefficient (Wildman–Crippen LogP) is 2.99. The Labute approximate surface area is 146 Å². The highest BCUT2D eigenvalue weighted by molar-refractivity contribution is 5.76. The molecule has 1 aromatic carbocycles. The van der Waals surface area contributed by atoms with Crippen LogP contribution in [0.25, 0.3) is 5.65 Å². The van der Waals surface area contributed by atoms with E-state index in [1.54, 1.807) is 0 Å². The quantitative estimate of drug-likeness (QED) is 0.750. The Morgan fingerprint density at radius 1 is 1.24 bits per heavy atom. The molecule has 130 valence electrons. The highest BCUT2D eigenvalue weighted by atomic mass is 16.5. The van der Waals surface area contributed by atoms with E-state index in [1.165, 1.54) is 0 Å². The number of ether oxygens (including phenoxy) is 1. The summed E-state index contributed by atoms with van der Waals surface area (Å²) in [6.07, 6.45) is 2.17. The topological polar surface area (TPSA) is 68.5 Å². The second kappa shape index (κ2) is 7.34. The standard InChI is InChI=1S/C19H22N4O2/c1-13-7-8-14(2)16(12-13)25-11-9-18(24)20-15(3)19-22-21-17-6-4-5-10-23(17)19/h4-8,10,12,15H,9,11H2,1-3H3,(H,20,24). The largest absolute Gasteiger partial charge is 0.493 e. The number of nitrogens with zero attached hydrogens (tertiary/aromatic N) is 3. The SMILES string of the molecule is Cc1ccc(C)c(OCCC(=O)NC(C)c2nnc3ccccn23)c1. The van der Waals surface area contributed by atoms with E-state index in [1.807, 2.05) is 67.8 Å². The van der Waals surface area contributed by atoms with Crippen LogP contribution in [-0.4, -0.2) is 27.1 Å². The summed E-state index contributed by atoms with van der Waals surface area (Å²) in [5, 5.41) is 11.2. The zero-order valence-electron chi connectivity index (χ0n) is 14.7. The molecule has 1 atom stereocenters. The normalized spacial score (nSPS) is 12.1. The molecule has 6 nitrogen and oxygen atoms in total. The van der Waals surface area contributed by atoms with Crippen LogP contribution in [0.4, 0.5) is 0 Å². The summed E-state index contributed by atoms with van der Waals surface area (Å²) in [5.74, 6) is 1.45. The molecule has 1 amide bonds. The lowest BCUT2D eigenvalue weighted by Gasteiger charge is -2.13. The summed E-state index contributed by atoms with van der Waals surface area (Å²) in [7, 11) is 0. The van der Waals surface area contributed by atoms with Gasteiger partial charge in [-0.3, -0.25) is 9.20 Å². The Morgan fingerprint density at radius 2 is 2.08 bits per heavy atom. The van der Waals surface area contributed by atoms with Crippen molar-refractivity contribution in [1.82, 2.24) is 19.9 Å². The minimum Gasteiger partial charge on any atom is -0.493 e. The van der Waals surface area contributed by atoms with E-state index in [-0.39, 0.29) is 18.4 Å². The fraction of sp³-hybridized carbons (Fsp3) is 0.316. The number of aromatic nitrogens is 3. The molecule has 0 saturated heterocycles. The van der Waals surface area contributed by atoms with E-state index in [9.17, 15) is 4.79 Å². The van der Waals surface area contributed by atoms with Gasteiger partial charge in [0.15, 0.2) is 11.5 Å². The van der Waals surface area contributed by atoms with E-state index in [0.717, 1.165) is 22.5 Å². The lowest BCUT2D eigenvalue weighted by atomic mass is 10.1. The molecule has 3 aromatic rings. The molecule has 0 aliphatic rings. The number of hydrogen-bond acceptors (Lipinski definition) is 4. The summed E-state index contributed by atoms with van der Waals surface area (Å²) < 4.78 is 7.61. The molecule has 0 spiro atoms. The van der Waals surface area contributed by atoms with E-state index in [4.69, 9.17) is 4.74 Å². The number of fused-ring (bicyclic) bond motifs is 1. The van der Waals surface area contributed by atoms with Crippen molar-refractivity contribution in [2.24, 2.45) is 0 Å². The van der Waals surface area contributed by atoms with E-state index in [2.05, 4.69) is 15.5 Å². The molecule has 2 heterocycles. The number of benzene rings is 1. The van der Waals surface area contributed by atoms with Crippen LogP contribution in [0.1, 0.15) is 36.3 Å². The Kier molecular flexibility index (Phi) is 4.97. The first-order chi connectivity index (χ1) is 12.0. The number of pyridine rings is 1. The molecule has 0 saturated carbocycles. The molecule has 1 unspecified atom stereocenters. The van der Waals surface area contributed by atoms with Crippen molar-refractivity contribution in [3.8, 4) is 5.75 Å². The number of carbonyl (C=O) groups excluding carboxylic acids is 1. The number of aryl methyl sites for hydroxylation is 2. The van der Waals surface area contributed by atoms with Gasteiger partial charge in [-0.05, 0) is 50.1 Å². The van der Waals surface area contributed by atoms with E-state index >= 15 is 0 Å². The van der Waals surface area contributed by atoms with Crippen LogP contribution in [0.5, 0.6) is 5.75 Å². The second-order valence-electron chi connectivity index (χ2n) is 6.14. The van der Waals surface area contributed by atoms with Gasteiger partial charge in [0, 0.05) is 6.20 Å². The van der Waals surface area contributed by atoms with Crippen LogP contribution in [-0.2, 0) is 4.79 Å². The molecular weight excluding hydrogens is 316 g/mol. The molecule has 0 aliphatic carbocycles. The molecule has 0 radical (unpaired) electrons. The van der Waals surface area contributed by atoms with Gasteiger partial charge < -0.3 is 10.1 Å². The fourth-order valence-corrected chi connectivity index (χ4v) is 2.65. The van der Waals surface area contributed by atoms with Crippen molar-refractivity contribution in [2.75, 3.05) is 6.61 Å².